The van der Waals surface area contributed by atoms with Crippen molar-refractivity contribution in [3.05, 3.63) is 59.4 Å². The van der Waals surface area contributed by atoms with Crippen molar-refractivity contribution in [1.29, 1.82) is 5.26 Å². The fraction of sp³-hybridized carbons (Fsp3) is 0.357. The molecular formula is C28H28N6O. The van der Waals surface area contributed by atoms with Gasteiger partial charge < -0.3 is 10.1 Å². The number of nitriles is 1. The molecule has 7 nitrogen and oxygen atoms in total. The Morgan fingerprint density at radius 3 is 2.71 bits per heavy atom. The van der Waals surface area contributed by atoms with E-state index in [9.17, 15) is 5.26 Å². The molecule has 176 valence electrons. The maximum Gasteiger partial charge on any atom is 0.147 e. The fourth-order valence-corrected chi connectivity index (χ4v) is 5.62. The summed E-state index contributed by atoms with van der Waals surface area (Å²) in [6.45, 7) is 2.09. The minimum absolute atomic E-state index is 0.0573. The number of methoxy groups -OCH3 is 1. The van der Waals surface area contributed by atoms with Gasteiger partial charge in [-0.2, -0.15) is 10.4 Å². The molecule has 1 fully saturated rings. The van der Waals surface area contributed by atoms with E-state index < -0.39 is 0 Å². The van der Waals surface area contributed by atoms with Crippen molar-refractivity contribution in [3.63, 3.8) is 0 Å². The largest absolute Gasteiger partial charge is 0.494 e. The van der Waals surface area contributed by atoms with Gasteiger partial charge in [0.05, 0.1) is 24.6 Å². The zero-order chi connectivity index (χ0) is 23.9. The average molecular weight is 465 g/mol. The standard InChI is InChI=1S/C28H28N6O/c1-34-24-14-25(35-2)27(22-5-3-4-20-18(15-29)6-8-21(20)22)32-28(24)26(33-34)19-7-9-23(31-16-19)17-10-12-30-13-11-17/h3-5,7,9,14,16-18,30H,6,8,10-13H2,1-2H3. The van der Waals surface area contributed by atoms with Gasteiger partial charge in [-0.3, -0.25) is 9.67 Å². The molecule has 1 unspecified atom stereocenters. The lowest BCUT2D eigenvalue weighted by Gasteiger charge is -2.22. The predicted octanol–water partition coefficient (Wildman–Crippen LogP) is 4.73. The highest BCUT2D eigenvalue weighted by Crippen LogP contribution is 2.42. The Bertz CT molecular complexity index is 1440. The van der Waals surface area contributed by atoms with Crippen LogP contribution in [0.15, 0.2) is 42.6 Å². The third-order valence-electron chi connectivity index (χ3n) is 7.51. The molecule has 1 saturated heterocycles. The van der Waals surface area contributed by atoms with Crippen molar-refractivity contribution in [3.8, 4) is 34.3 Å². The van der Waals surface area contributed by atoms with E-state index in [1.165, 1.54) is 5.56 Å². The first kappa shape index (κ1) is 21.8. The summed E-state index contributed by atoms with van der Waals surface area (Å²) >= 11 is 0. The molecule has 2 aliphatic rings. The smallest absolute Gasteiger partial charge is 0.147 e. The molecule has 1 aliphatic heterocycles. The molecule has 0 saturated carbocycles. The van der Waals surface area contributed by atoms with Crippen molar-refractivity contribution < 1.29 is 4.74 Å². The highest BCUT2D eigenvalue weighted by molar-refractivity contribution is 5.93. The minimum Gasteiger partial charge on any atom is -0.494 e. The van der Waals surface area contributed by atoms with E-state index in [0.717, 1.165) is 83.6 Å². The van der Waals surface area contributed by atoms with Crippen molar-refractivity contribution in [2.24, 2.45) is 7.05 Å². The van der Waals surface area contributed by atoms with Crippen molar-refractivity contribution in [1.82, 2.24) is 25.1 Å². The van der Waals surface area contributed by atoms with Gasteiger partial charge in [-0.25, -0.2) is 4.98 Å². The minimum atomic E-state index is -0.0573. The van der Waals surface area contributed by atoms with E-state index in [4.69, 9.17) is 19.8 Å². The second kappa shape index (κ2) is 8.79. The van der Waals surface area contributed by atoms with Crippen LogP contribution in [-0.4, -0.2) is 39.9 Å². The Balaban J connectivity index is 1.46. The van der Waals surface area contributed by atoms with Crippen LogP contribution < -0.4 is 10.1 Å². The summed E-state index contributed by atoms with van der Waals surface area (Å²) < 4.78 is 7.64. The van der Waals surface area contributed by atoms with Crippen LogP contribution in [0, 0.1) is 11.3 Å². The van der Waals surface area contributed by atoms with Gasteiger partial charge in [0, 0.05) is 42.0 Å². The van der Waals surface area contributed by atoms with E-state index >= 15 is 0 Å². The summed E-state index contributed by atoms with van der Waals surface area (Å²) in [5.41, 5.74) is 8.80. The van der Waals surface area contributed by atoms with Crippen LogP contribution in [0.25, 0.3) is 33.5 Å². The van der Waals surface area contributed by atoms with Crippen molar-refractivity contribution >= 4 is 11.0 Å². The Morgan fingerprint density at radius 1 is 1.11 bits per heavy atom. The van der Waals surface area contributed by atoms with E-state index in [2.05, 4.69) is 35.7 Å². The van der Waals surface area contributed by atoms with Crippen molar-refractivity contribution in [2.75, 3.05) is 20.2 Å². The summed E-state index contributed by atoms with van der Waals surface area (Å²) in [6.07, 6.45) is 5.90. The van der Waals surface area contributed by atoms with Crippen LogP contribution in [0.3, 0.4) is 0 Å². The zero-order valence-corrected chi connectivity index (χ0v) is 20.1. The van der Waals surface area contributed by atoms with Gasteiger partial charge in [0.2, 0.25) is 0 Å². The van der Waals surface area contributed by atoms with Gasteiger partial charge in [0.15, 0.2) is 0 Å². The summed E-state index contributed by atoms with van der Waals surface area (Å²) in [6, 6.07) is 14.9. The van der Waals surface area contributed by atoms with Crippen LogP contribution in [-0.2, 0) is 13.5 Å². The summed E-state index contributed by atoms with van der Waals surface area (Å²) in [4.78, 5) is 9.94. The number of pyridine rings is 2. The predicted molar refractivity (Wildman–Crippen MR) is 135 cm³/mol. The molecule has 0 radical (unpaired) electrons. The Kier molecular flexibility index (Phi) is 5.46. The Labute approximate surface area is 204 Å². The second-order valence-corrected chi connectivity index (χ2v) is 9.47. The summed E-state index contributed by atoms with van der Waals surface area (Å²) in [7, 11) is 3.61. The quantitative estimate of drug-likeness (QED) is 0.470. The number of rotatable bonds is 4. The number of nitrogens with one attached hydrogen (secondary N) is 1. The zero-order valence-electron chi connectivity index (χ0n) is 20.1. The molecule has 35 heavy (non-hydrogen) atoms. The van der Waals surface area contributed by atoms with Crippen LogP contribution in [0.2, 0.25) is 0 Å². The maximum absolute atomic E-state index is 9.57. The third-order valence-corrected chi connectivity index (χ3v) is 7.51. The molecule has 0 spiro atoms. The highest BCUT2D eigenvalue weighted by Gasteiger charge is 2.27. The number of aryl methyl sites for hydroxylation is 1. The number of piperidine rings is 1. The topological polar surface area (TPSA) is 88.7 Å². The monoisotopic (exact) mass is 464 g/mol. The van der Waals surface area contributed by atoms with E-state index in [-0.39, 0.29) is 5.92 Å². The number of hydrogen-bond acceptors (Lipinski definition) is 6. The Hall–Kier alpha value is -3.76. The lowest BCUT2D eigenvalue weighted by Crippen LogP contribution is -2.26. The second-order valence-electron chi connectivity index (χ2n) is 9.47. The molecule has 1 atom stereocenters. The number of ether oxygens (including phenoxy) is 1. The SMILES string of the molecule is COc1cc2c(nc1-c1cccc3c1CCC3C#N)c(-c1ccc(C3CCNCC3)nc1)nn2C. The molecule has 1 aromatic carbocycles. The molecule has 1 aliphatic carbocycles. The van der Waals surface area contributed by atoms with Gasteiger partial charge in [0.25, 0.3) is 0 Å². The number of aromatic nitrogens is 4. The molecule has 7 heteroatoms. The van der Waals surface area contributed by atoms with E-state index in [0.29, 0.717) is 11.7 Å². The molecule has 6 rings (SSSR count). The first-order valence-electron chi connectivity index (χ1n) is 12.3. The number of hydrogen-bond donors (Lipinski definition) is 1. The first-order valence-corrected chi connectivity index (χ1v) is 12.3. The van der Waals surface area contributed by atoms with Gasteiger partial charge in [-0.15, -0.1) is 0 Å². The van der Waals surface area contributed by atoms with Gasteiger partial charge >= 0.3 is 0 Å². The molecule has 4 heterocycles. The maximum atomic E-state index is 9.57. The van der Waals surface area contributed by atoms with E-state index in [1.807, 2.05) is 30.1 Å². The normalized spacial score (nSPS) is 17.9. The molecule has 0 bridgehead atoms. The highest BCUT2D eigenvalue weighted by atomic mass is 16.5. The number of fused-ring (bicyclic) bond motifs is 2. The van der Waals surface area contributed by atoms with Crippen LogP contribution >= 0.6 is 0 Å². The van der Waals surface area contributed by atoms with Crippen molar-refractivity contribution in [2.45, 2.75) is 37.5 Å². The average Bonchev–Trinajstić information content (AvgIpc) is 3.49. The van der Waals surface area contributed by atoms with Crippen LogP contribution in [0.1, 0.15) is 47.9 Å². The third kappa shape index (κ3) is 3.65. The van der Waals surface area contributed by atoms with Gasteiger partial charge in [-0.05, 0) is 62.0 Å². The number of nitrogens with zero attached hydrogens (tertiary/aromatic N) is 5. The number of benzene rings is 1. The van der Waals surface area contributed by atoms with E-state index in [1.54, 1.807) is 7.11 Å². The lowest BCUT2D eigenvalue weighted by molar-refractivity contribution is 0.415. The lowest BCUT2D eigenvalue weighted by atomic mass is 9.94. The molecule has 3 aromatic heterocycles. The van der Waals surface area contributed by atoms with Crippen LogP contribution in [0.4, 0.5) is 0 Å². The first-order chi connectivity index (χ1) is 17.2. The molecule has 1 N–H and O–H groups in total. The fourth-order valence-electron chi connectivity index (χ4n) is 5.62. The molecular weight excluding hydrogens is 436 g/mol. The van der Waals surface area contributed by atoms with Gasteiger partial charge in [0.1, 0.15) is 22.7 Å². The molecule has 4 aromatic rings. The Morgan fingerprint density at radius 2 is 1.97 bits per heavy atom. The van der Waals surface area contributed by atoms with Crippen LogP contribution in [0.5, 0.6) is 5.75 Å². The van der Waals surface area contributed by atoms with Gasteiger partial charge in [-0.1, -0.05) is 18.2 Å². The summed E-state index contributed by atoms with van der Waals surface area (Å²) in [5.74, 6) is 1.16. The molecule has 0 amide bonds. The summed E-state index contributed by atoms with van der Waals surface area (Å²) in [5, 5.41) is 17.8.